The third-order valence-corrected chi connectivity index (χ3v) is 6.59. The predicted molar refractivity (Wildman–Crippen MR) is 133 cm³/mol. The topological polar surface area (TPSA) is 20.1 Å². The third kappa shape index (κ3) is 3.38. The Hall–Kier alpha value is -3.78. The summed E-state index contributed by atoms with van der Waals surface area (Å²) < 4.78 is 2.25. The van der Waals surface area contributed by atoms with Crippen molar-refractivity contribution >= 4 is 34.0 Å². The summed E-state index contributed by atoms with van der Waals surface area (Å²) in [6.45, 7) is 2.22. The van der Waals surface area contributed by atoms with Gasteiger partial charge in [-0.05, 0) is 35.4 Å². The van der Waals surface area contributed by atoms with Gasteiger partial charge in [-0.15, -0.1) is 0 Å². The number of benzene rings is 4. The summed E-state index contributed by atoms with van der Waals surface area (Å²) in [5.74, 6) is 0.160. The zero-order valence-corrected chi connectivity index (χ0v) is 18.5. The second-order valence-corrected chi connectivity index (χ2v) is 8.67. The van der Waals surface area contributed by atoms with Gasteiger partial charge in [0.25, 0.3) is 0 Å². The summed E-state index contributed by atoms with van der Waals surface area (Å²) in [5, 5.41) is 2.41. The maximum Gasteiger partial charge on any atom is 0.210 e. The molecule has 0 aliphatic carbocycles. The molecule has 0 aromatic heterocycles. The first-order valence-electron chi connectivity index (χ1n) is 11.0. The average Bonchev–Trinajstić information content (AvgIpc) is 3.05. The van der Waals surface area contributed by atoms with Crippen LogP contribution in [0, 0.1) is 0 Å². The van der Waals surface area contributed by atoms with E-state index >= 15 is 0 Å². The number of carbonyl (C=O) groups is 1. The molecule has 156 valence electrons. The SMILES string of the molecule is C[N+]1=C(/C=C/c2ccccc2)C(C)(CC(=O)c2ccccc2)c2c1ccc1ccccc21. The molecule has 2 nitrogen and oxygen atoms in total. The summed E-state index contributed by atoms with van der Waals surface area (Å²) >= 11 is 0. The zero-order valence-electron chi connectivity index (χ0n) is 18.5. The summed E-state index contributed by atoms with van der Waals surface area (Å²) in [5.41, 5.74) is 5.00. The molecule has 1 heterocycles. The standard InChI is InChI=1S/C30H26NO/c1-30(21-27(32)24-14-7-4-8-15-24)28(20-17-22-11-5-3-6-12-22)31(2)26-19-18-23-13-9-10-16-25(23)29(26)30/h3-20H,21H2,1-2H3/q+1/b20-17+. The molecule has 0 spiro atoms. The van der Waals surface area contributed by atoms with E-state index in [0.29, 0.717) is 6.42 Å². The molecule has 0 N–H and O–H groups in total. The lowest BCUT2D eigenvalue weighted by atomic mass is 9.73. The number of hydrogen-bond acceptors (Lipinski definition) is 1. The number of Topliss-reactive ketones (excluding diaryl/α,β-unsaturated/α-hetero) is 1. The monoisotopic (exact) mass is 416 g/mol. The molecule has 2 heteroatoms. The second kappa shape index (κ2) is 8.05. The molecule has 32 heavy (non-hydrogen) atoms. The van der Waals surface area contributed by atoms with Gasteiger partial charge in [0.2, 0.25) is 5.69 Å². The molecule has 1 atom stereocenters. The lowest BCUT2D eigenvalue weighted by molar-refractivity contribution is -0.401. The minimum Gasteiger partial charge on any atom is -0.294 e. The Morgan fingerprint density at radius 2 is 1.47 bits per heavy atom. The first-order chi connectivity index (χ1) is 15.6. The van der Waals surface area contributed by atoms with Crippen molar-refractivity contribution in [1.82, 2.24) is 0 Å². The minimum atomic E-state index is -0.441. The highest BCUT2D eigenvalue weighted by atomic mass is 16.1. The second-order valence-electron chi connectivity index (χ2n) is 8.67. The van der Waals surface area contributed by atoms with Crippen LogP contribution in [0.15, 0.2) is 103 Å². The first kappa shape index (κ1) is 20.1. The van der Waals surface area contributed by atoms with Gasteiger partial charge in [0.15, 0.2) is 11.5 Å². The van der Waals surface area contributed by atoms with Crippen molar-refractivity contribution in [3.05, 3.63) is 120 Å². The Kier molecular flexibility index (Phi) is 5.07. The fourth-order valence-corrected chi connectivity index (χ4v) is 5.01. The van der Waals surface area contributed by atoms with Gasteiger partial charge in [-0.2, -0.15) is 4.58 Å². The van der Waals surface area contributed by atoms with Gasteiger partial charge in [0.1, 0.15) is 7.05 Å². The van der Waals surface area contributed by atoms with Crippen LogP contribution < -0.4 is 0 Å². The lowest BCUT2D eigenvalue weighted by Crippen LogP contribution is -2.33. The Morgan fingerprint density at radius 3 is 2.22 bits per heavy atom. The number of carbonyl (C=O) groups excluding carboxylic acids is 1. The van der Waals surface area contributed by atoms with Crippen molar-refractivity contribution in [2.24, 2.45) is 0 Å². The Labute approximate surface area is 189 Å². The van der Waals surface area contributed by atoms with E-state index in [-0.39, 0.29) is 5.78 Å². The largest absolute Gasteiger partial charge is 0.294 e. The molecule has 1 aliphatic rings. The van der Waals surface area contributed by atoms with E-state index in [0.717, 1.165) is 16.8 Å². The highest BCUT2D eigenvalue weighted by Crippen LogP contribution is 2.46. The van der Waals surface area contributed by atoms with Crippen molar-refractivity contribution < 1.29 is 9.37 Å². The molecular formula is C30H26NO+. The zero-order chi connectivity index (χ0) is 22.1. The van der Waals surface area contributed by atoms with Crippen LogP contribution in [0.25, 0.3) is 16.8 Å². The van der Waals surface area contributed by atoms with Gasteiger partial charge in [-0.1, -0.05) is 84.9 Å². The summed E-state index contributed by atoms with van der Waals surface area (Å²) in [6, 6.07) is 32.8. The first-order valence-corrected chi connectivity index (χ1v) is 11.0. The van der Waals surface area contributed by atoms with E-state index in [1.807, 2.05) is 48.5 Å². The summed E-state index contributed by atoms with van der Waals surface area (Å²) in [4.78, 5) is 13.4. The van der Waals surface area contributed by atoms with Crippen LogP contribution in [0.1, 0.15) is 34.8 Å². The van der Waals surface area contributed by atoms with Crippen LogP contribution in [0.3, 0.4) is 0 Å². The van der Waals surface area contributed by atoms with Crippen LogP contribution in [0.5, 0.6) is 0 Å². The normalized spacial score (nSPS) is 17.8. The number of hydrogen-bond donors (Lipinski definition) is 0. The van der Waals surface area contributed by atoms with Crippen molar-refractivity contribution in [3.8, 4) is 0 Å². The number of fused-ring (bicyclic) bond motifs is 3. The van der Waals surface area contributed by atoms with Crippen LogP contribution in [-0.2, 0) is 5.41 Å². The van der Waals surface area contributed by atoms with Gasteiger partial charge in [-0.25, -0.2) is 0 Å². The fraction of sp³-hybridized carbons (Fsp3) is 0.133. The molecule has 1 unspecified atom stereocenters. The number of nitrogens with zero attached hydrogens (tertiary/aromatic N) is 1. The smallest absolute Gasteiger partial charge is 0.210 e. The quantitative estimate of drug-likeness (QED) is 0.258. The van der Waals surface area contributed by atoms with Crippen LogP contribution in [-0.4, -0.2) is 23.1 Å². The lowest BCUT2D eigenvalue weighted by Gasteiger charge is -2.23. The van der Waals surface area contributed by atoms with Crippen LogP contribution in [0.2, 0.25) is 0 Å². The molecular weight excluding hydrogens is 390 g/mol. The maximum absolute atomic E-state index is 13.4. The fourth-order valence-electron chi connectivity index (χ4n) is 5.01. The Morgan fingerprint density at radius 1 is 0.812 bits per heavy atom. The summed E-state index contributed by atoms with van der Waals surface area (Å²) in [6.07, 6.45) is 4.74. The Bertz CT molecular complexity index is 1370. The van der Waals surface area contributed by atoms with Gasteiger partial charge >= 0.3 is 0 Å². The molecule has 4 aromatic rings. The molecule has 0 radical (unpaired) electrons. The molecule has 5 rings (SSSR count). The van der Waals surface area contributed by atoms with E-state index in [9.17, 15) is 4.79 Å². The van der Waals surface area contributed by atoms with E-state index in [2.05, 4.69) is 79.2 Å². The number of allylic oxidation sites excluding steroid dienone is 1. The van der Waals surface area contributed by atoms with Gasteiger partial charge in [0, 0.05) is 29.7 Å². The maximum atomic E-state index is 13.4. The summed E-state index contributed by atoms with van der Waals surface area (Å²) in [7, 11) is 2.11. The highest BCUT2D eigenvalue weighted by Gasteiger charge is 2.49. The van der Waals surface area contributed by atoms with E-state index < -0.39 is 5.41 Å². The number of rotatable bonds is 5. The molecule has 0 saturated heterocycles. The van der Waals surface area contributed by atoms with Gasteiger partial charge in [0.05, 0.1) is 5.41 Å². The molecule has 4 aromatic carbocycles. The highest BCUT2D eigenvalue weighted by molar-refractivity contribution is 6.12. The van der Waals surface area contributed by atoms with Crippen molar-refractivity contribution in [3.63, 3.8) is 0 Å². The molecule has 0 bridgehead atoms. The Balaban J connectivity index is 1.67. The van der Waals surface area contributed by atoms with Crippen LogP contribution >= 0.6 is 0 Å². The average molecular weight is 417 g/mol. The molecule has 0 amide bonds. The van der Waals surface area contributed by atoms with Crippen molar-refractivity contribution in [2.45, 2.75) is 18.8 Å². The van der Waals surface area contributed by atoms with E-state index in [1.54, 1.807) is 0 Å². The molecule has 0 fully saturated rings. The minimum absolute atomic E-state index is 0.160. The van der Waals surface area contributed by atoms with Crippen molar-refractivity contribution in [1.29, 1.82) is 0 Å². The van der Waals surface area contributed by atoms with Gasteiger partial charge < -0.3 is 0 Å². The van der Waals surface area contributed by atoms with Crippen molar-refractivity contribution in [2.75, 3.05) is 7.05 Å². The number of ketones is 1. The van der Waals surface area contributed by atoms with E-state index in [4.69, 9.17) is 0 Å². The predicted octanol–water partition coefficient (Wildman–Crippen LogP) is 6.81. The van der Waals surface area contributed by atoms with E-state index in [1.165, 1.54) is 22.0 Å². The molecule has 1 aliphatic heterocycles. The third-order valence-electron chi connectivity index (χ3n) is 6.59. The van der Waals surface area contributed by atoms with Gasteiger partial charge in [-0.3, -0.25) is 4.79 Å². The van der Waals surface area contributed by atoms with Crippen LogP contribution in [0.4, 0.5) is 5.69 Å². The molecule has 0 saturated carbocycles.